The topological polar surface area (TPSA) is 33.1 Å². The average molecular weight is 326 g/mol. The van der Waals surface area contributed by atoms with Crippen molar-refractivity contribution in [2.24, 2.45) is 11.8 Å². The van der Waals surface area contributed by atoms with Gasteiger partial charge in [0.05, 0.1) is 5.60 Å². The summed E-state index contributed by atoms with van der Waals surface area (Å²) in [5.74, 6) is 1.40. The van der Waals surface area contributed by atoms with Crippen LogP contribution in [0.5, 0.6) is 0 Å². The zero-order valence-electron chi connectivity index (χ0n) is 11.9. The van der Waals surface area contributed by atoms with Crippen LogP contribution in [-0.2, 0) is 6.42 Å². The molecule has 2 nitrogen and oxygen atoms in total. The minimum Gasteiger partial charge on any atom is -0.390 e. The molecule has 0 amide bonds. The zero-order valence-corrected chi connectivity index (χ0v) is 13.5. The Labute approximate surface area is 124 Å². The lowest BCUT2D eigenvalue weighted by atomic mass is 9.73. The first-order valence-electron chi connectivity index (χ1n) is 7.29. The van der Waals surface area contributed by atoms with Gasteiger partial charge in [0.1, 0.15) is 0 Å². The maximum Gasteiger partial charge on any atom is 0.0691 e. The molecule has 106 valence electrons. The number of hydrogen-bond acceptors (Lipinski definition) is 2. The Bertz CT molecular complexity index is 421. The van der Waals surface area contributed by atoms with Gasteiger partial charge in [0, 0.05) is 23.3 Å². The van der Waals surface area contributed by atoms with Gasteiger partial charge < -0.3 is 5.11 Å². The highest BCUT2D eigenvalue weighted by Gasteiger charge is 2.34. The second-order valence-corrected chi connectivity index (χ2v) is 7.42. The number of pyridine rings is 1. The van der Waals surface area contributed by atoms with Crippen molar-refractivity contribution in [3.8, 4) is 0 Å². The van der Waals surface area contributed by atoms with E-state index < -0.39 is 5.60 Å². The predicted molar refractivity (Wildman–Crippen MR) is 82.0 cm³/mol. The largest absolute Gasteiger partial charge is 0.390 e. The smallest absolute Gasteiger partial charge is 0.0691 e. The van der Waals surface area contributed by atoms with E-state index in [9.17, 15) is 5.11 Å². The van der Waals surface area contributed by atoms with E-state index in [1.807, 2.05) is 6.20 Å². The highest BCUT2D eigenvalue weighted by atomic mass is 79.9. The summed E-state index contributed by atoms with van der Waals surface area (Å²) in [4.78, 5) is 4.19. The van der Waals surface area contributed by atoms with Crippen molar-refractivity contribution in [2.45, 2.75) is 58.0 Å². The fourth-order valence-corrected chi connectivity index (χ4v) is 3.83. The number of aromatic nitrogens is 1. The minimum absolute atomic E-state index is 0.528. The SMILES string of the molecule is CC(C)CC1CCCC(O)(Cc2cncc(Br)c2)C1. The highest BCUT2D eigenvalue weighted by molar-refractivity contribution is 9.10. The van der Waals surface area contributed by atoms with Crippen LogP contribution in [-0.4, -0.2) is 15.7 Å². The number of halogens is 1. The molecule has 0 spiro atoms. The quantitative estimate of drug-likeness (QED) is 0.892. The molecule has 0 bridgehead atoms. The van der Waals surface area contributed by atoms with Crippen molar-refractivity contribution in [2.75, 3.05) is 0 Å². The summed E-state index contributed by atoms with van der Waals surface area (Å²) in [6.07, 6.45) is 9.91. The fourth-order valence-electron chi connectivity index (χ4n) is 3.42. The summed E-state index contributed by atoms with van der Waals surface area (Å²) >= 11 is 3.45. The molecule has 0 saturated heterocycles. The maximum atomic E-state index is 10.9. The van der Waals surface area contributed by atoms with Gasteiger partial charge in [0.2, 0.25) is 0 Å². The molecule has 1 fully saturated rings. The van der Waals surface area contributed by atoms with Gasteiger partial charge in [-0.25, -0.2) is 0 Å². The van der Waals surface area contributed by atoms with Crippen LogP contribution in [0.15, 0.2) is 22.9 Å². The van der Waals surface area contributed by atoms with Crippen LogP contribution in [0, 0.1) is 11.8 Å². The Morgan fingerprint density at radius 1 is 1.47 bits per heavy atom. The number of aliphatic hydroxyl groups is 1. The van der Waals surface area contributed by atoms with Gasteiger partial charge in [-0.15, -0.1) is 0 Å². The standard InChI is InChI=1S/C16H24BrNO/c1-12(2)6-13-4-3-5-16(19,8-13)9-14-7-15(17)11-18-10-14/h7,10-13,19H,3-6,8-9H2,1-2H3. The van der Waals surface area contributed by atoms with Crippen LogP contribution in [0.3, 0.4) is 0 Å². The summed E-state index contributed by atoms with van der Waals surface area (Å²) in [5.41, 5.74) is 0.599. The van der Waals surface area contributed by atoms with Crippen LogP contribution in [0.1, 0.15) is 51.5 Å². The van der Waals surface area contributed by atoms with Crippen LogP contribution in [0.4, 0.5) is 0 Å². The fraction of sp³-hybridized carbons (Fsp3) is 0.688. The van der Waals surface area contributed by atoms with Crippen LogP contribution in [0.2, 0.25) is 0 Å². The van der Waals surface area contributed by atoms with Gasteiger partial charge in [-0.1, -0.05) is 26.7 Å². The normalized spacial score (nSPS) is 27.7. The van der Waals surface area contributed by atoms with E-state index in [4.69, 9.17) is 0 Å². The lowest BCUT2D eigenvalue weighted by molar-refractivity contribution is -0.0189. The summed E-state index contributed by atoms with van der Waals surface area (Å²) < 4.78 is 0.989. The second-order valence-electron chi connectivity index (χ2n) is 6.50. The van der Waals surface area contributed by atoms with E-state index in [0.29, 0.717) is 5.92 Å². The van der Waals surface area contributed by atoms with E-state index in [1.165, 1.54) is 12.8 Å². The van der Waals surface area contributed by atoms with E-state index in [1.54, 1.807) is 6.20 Å². The molecule has 1 aliphatic rings. The third kappa shape index (κ3) is 4.57. The Morgan fingerprint density at radius 2 is 2.26 bits per heavy atom. The van der Waals surface area contributed by atoms with Crippen molar-refractivity contribution in [1.29, 1.82) is 0 Å². The van der Waals surface area contributed by atoms with Crippen molar-refractivity contribution in [1.82, 2.24) is 4.98 Å². The summed E-state index contributed by atoms with van der Waals surface area (Å²) in [6, 6.07) is 2.07. The van der Waals surface area contributed by atoms with Gasteiger partial charge in [-0.05, 0) is 58.7 Å². The molecule has 2 unspecified atom stereocenters. The number of hydrogen-bond donors (Lipinski definition) is 1. The molecule has 0 aliphatic heterocycles. The molecule has 19 heavy (non-hydrogen) atoms. The molecular formula is C16H24BrNO. The van der Waals surface area contributed by atoms with Crippen LogP contribution < -0.4 is 0 Å². The molecule has 2 atom stereocenters. The van der Waals surface area contributed by atoms with E-state index in [0.717, 1.165) is 41.6 Å². The molecule has 2 rings (SSSR count). The third-order valence-corrected chi connectivity index (χ3v) is 4.46. The van der Waals surface area contributed by atoms with Crippen LogP contribution >= 0.6 is 15.9 Å². The molecule has 3 heteroatoms. The lowest BCUT2D eigenvalue weighted by Gasteiger charge is -2.37. The average Bonchev–Trinajstić information content (AvgIpc) is 2.27. The van der Waals surface area contributed by atoms with Crippen molar-refractivity contribution in [3.63, 3.8) is 0 Å². The summed E-state index contributed by atoms with van der Waals surface area (Å²) in [7, 11) is 0. The Morgan fingerprint density at radius 3 is 2.95 bits per heavy atom. The van der Waals surface area contributed by atoms with Gasteiger partial charge in [0.25, 0.3) is 0 Å². The monoisotopic (exact) mass is 325 g/mol. The van der Waals surface area contributed by atoms with Crippen LogP contribution in [0.25, 0.3) is 0 Å². The van der Waals surface area contributed by atoms with E-state index >= 15 is 0 Å². The van der Waals surface area contributed by atoms with Crippen molar-refractivity contribution < 1.29 is 5.11 Å². The molecular weight excluding hydrogens is 302 g/mol. The predicted octanol–water partition coefficient (Wildman–Crippen LogP) is 4.35. The molecule has 0 aromatic carbocycles. The van der Waals surface area contributed by atoms with Gasteiger partial charge in [0.15, 0.2) is 0 Å². The zero-order chi connectivity index (χ0) is 13.9. The lowest BCUT2D eigenvalue weighted by Crippen LogP contribution is -2.37. The van der Waals surface area contributed by atoms with Gasteiger partial charge in [-0.2, -0.15) is 0 Å². The Hall–Kier alpha value is -0.410. The third-order valence-electron chi connectivity index (χ3n) is 4.02. The minimum atomic E-state index is -0.528. The molecule has 1 aliphatic carbocycles. The first-order chi connectivity index (χ1) is 8.97. The molecule has 1 heterocycles. The highest BCUT2D eigenvalue weighted by Crippen LogP contribution is 2.37. The molecule has 1 aromatic rings. The summed E-state index contributed by atoms with van der Waals surface area (Å²) in [6.45, 7) is 4.54. The molecule has 1 aromatic heterocycles. The van der Waals surface area contributed by atoms with E-state index in [2.05, 4.69) is 40.8 Å². The second kappa shape index (κ2) is 6.36. The molecule has 1 saturated carbocycles. The van der Waals surface area contributed by atoms with E-state index in [-0.39, 0.29) is 0 Å². The maximum absolute atomic E-state index is 10.9. The first-order valence-corrected chi connectivity index (χ1v) is 8.08. The van der Waals surface area contributed by atoms with Crippen molar-refractivity contribution >= 4 is 15.9 Å². The number of rotatable bonds is 4. The Kier molecular flexibility index (Phi) is 5.02. The summed E-state index contributed by atoms with van der Waals surface area (Å²) in [5, 5.41) is 10.9. The molecule has 1 N–H and O–H groups in total. The van der Waals surface area contributed by atoms with Gasteiger partial charge >= 0.3 is 0 Å². The van der Waals surface area contributed by atoms with Crippen molar-refractivity contribution in [3.05, 3.63) is 28.5 Å². The van der Waals surface area contributed by atoms with Gasteiger partial charge in [-0.3, -0.25) is 4.98 Å². The first kappa shape index (κ1) is 15.0. The Balaban J connectivity index is 2.01. The number of nitrogens with zero attached hydrogens (tertiary/aromatic N) is 1. The molecule has 0 radical (unpaired) electrons.